The van der Waals surface area contributed by atoms with Crippen molar-refractivity contribution in [3.05, 3.63) is 49.3 Å². The molecule has 1 aromatic carbocycles. The Hall–Kier alpha value is -1.34. The molecule has 2 aromatic rings. The van der Waals surface area contributed by atoms with Crippen LogP contribution in [0, 0.1) is 24.3 Å². The average Bonchev–Trinajstić information content (AvgIpc) is 2.44. The van der Waals surface area contributed by atoms with Crippen LogP contribution >= 0.6 is 34.2 Å². The van der Waals surface area contributed by atoms with Gasteiger partial charge in [0.05, 0.1) is 29.1 Å². The van der Waals surface area contributed by atoms with Gasteiger partial charge in [-0.1, -0.05) is 11.6 Å². The quantitative estimate of drug-likeness (QED) is 0.728. The van der Waals surface area contributed by atoms with Gasteiger partial charge < -0.3 is 10.1 Å². The molecule has 1 amide bonds. The average molecular weight is 431 g/mol. The number of methoxy groups -OCH3 is 1. The van der Waals surface area contributed by atoms with Gasteiger partial charge in [0.15, 0.2) is 0 Å². The van der Waals surface area contributed by atoms with E-state index in [1.165, 1.54) is 7.11 Å². The lowest BCUT2D eigenvalue weighted by atomic mass is 10.1. The van der Waals surface area contributed by atoms with Crippen molar-refractivity contribution in [3.8, 4) is 5.75 Å². The Kier molecular flexibility index (Phi) is 5.28. The van der Waals surface area contributed by atoms with Gasteiger partial charge in [-0.05, 0) is 67.1 Å². The molecule has 0 radical (unpaired) electrons. The van der Waals surface area contributed by atoms with Crippen molar-refractivity contribution in [2.45, 2.75) is 20.8 Å². The Morgan fingerprint density at radius 3 is 2.55 bits per heavy atom. The van der Waals surface area contributed by atoms with Gasteiger partial charge in [-0.25, -0.2) is 0 Å². The Balaban J connectivity index is 2.40. The number of nitrogens with one attached hydrogen (secondary N) is 1. The molecule has 116 valence electrons. The van der Waals surface area contributed by atoms with E-state index in [1.54, 1.807) is 12.1 Å². The molecular formula is C16H16ClIN2O2. The Morgan fingerprint density at radius 2 is 1.95 bits per heavy atom. The third-order valence-corrected chi connectivity index (χ3v) is 4.78. The summed E-state index contributed by atoms with van der Waals surface area (Å²) < 4.78 is 6.11. The summed E-state index contributed by atoms with van der Waals surface area (Å²) >= 11 is 8.22. The van der Waals surface area contributed by atoms with E-state index in [0.29, 0.717) is 22.0 Å². The lowest BCUT2D eigenvalue weighted by Crippen LogP contribution is -2.16. The number of amides is 1. The van der Waals surface area contributed by atoms with E-state index >= 15 is 0 Å². The van der Waals surface area contributed by atoms with Crippen molar-refractivity contribution in [2.75, 3.05) is 12.4 Å². The molecule has 0 atom stereocenters. The van der Waals surface area contributed by atoms with Gasteiger partial charge in [-0.15, -0.1) is 0 Å². The number of pyridine rings is 1. The normalized spacial score (nSPS) is 10.5. The van der Waals surface area contributed by atoms with Crippen LogP contribution in [0.3, 0.4) is 0 Å². The lowest BCUT2D eigenvalue weighted by Gasteiger charge is -2.14. The minimum absolute atomic E-state index is 0.271. The van der Waals surface area contributed by atoms with Crippen LogP contribution in [0.15, 0.2) is 18.2 Å². The number of carbonyl (C=O) groups is 1. The van der Waals surface area contributed by atoms with E-state index < -0.39 is 0 Å². The fourth-order valence-electron chi connectivity index (χ4n) is 2.27. The zero-order valence-electron chi connectivity index (χ0n) is 12.8. The van der Waals surface area contributed by atoms with Gasteiger partial charge in [0.25, 0.3) is 5.91 Å². The summed E-state index contributed by atoms with van der Waals surface area (Å²) in [7, 11) is 1.53. The molecule has 0 aliphatic carbocycles. The monoisotopic (exact) mass is 430 g/mol. The second kappa shape index (κ2) is 6.83. The first-order chi connectivity index (χ1) is 10.3. The number of aryl methyl sites for hydroxylation is 3. The molecule has 1 heterocycles. The summed E-state index contributed by atoms with van der Waals surface area (Å²) in [6, 6.07) is 5.29. The first-order valence-corrected chi connectivity index (χ1v) is 8.08. The molecule has 0 spiro atoms. The van der Waals surface area contributed by atoms with Crippen molar-refractivity contribution in [3.63, 3.8) is 0 Å². The zero-order valence-corrected chi connectivity index (χ0v) is 15.7. The molecule has 0 saturated heterocycles. The van der Waals surface area contributed by atoms with E-state index in [4.69, 9.17) is 16.3 Å². The standard InChI is InChI=1S/C16H16ClIN2O2/c1-8-5-9(2)19-10(3)15(8)20-16(21)11-6-12(17)13(18)7-14(11)22-4/h5-7H,1-4H3,(H,20,21). The van der Waals surface area contributed by atoms with Gasteiger partial charge in [0.1, 0.15) is 5.75 Å². The smallest absolute Gasteiger partial charge is 0.259 e. The van der Waals surface area contributed by atoms with Crippen LogP contribution in [0.1, 0.15) is 27.3 Å². The fraction of sp³-hybridized carbons (Fsp3) is 0.250. The summed E-state index contributed by atoms with van der Waals surface area (Å²) in [6.45, 7) is 5.73. The van der Waals surface area contributed by atoms with E-state index in [-0.39, 0.29) is 5.91 Å². The zero-order chi connectivity index (χ0) is 16.4. The highest BCUT2D eigenvalue weighted by molar-refractivity contribution is 14.1. The van der Waals surface area contributed by atoms with Crippen molar-refractivity contribution in [1.82, 2.24) is 4.98 Å². The maximum Gasteiger partial charge on any atom is 0.259 e. The van der Waals surface area contributed by atoms with Crippen molar-refractivity contribution in [2.24, 2.45) is 0 Å². The number of carbonyl (C=O) groups excluding carboxylic acids is 1. The number of hydrogen-bond acceptors (Lipinski definition) is 3. The van der Waals surface area contributed by atoms with Gasteiger partial charge in [-0.2, -0.15) is 0 Å². The summed E-state index contributed by atoms with van der Waals surface area (Å²) in [4.78, 5) is 16.9. The van der Waals surface area contributed by atoms with Gasteiger partial charge >= 0.3 is 0 Å². The van der Waals surface area contributed by atoms with E-state index in [2.05, 4.69) is 32.9 Å². The maximum absolute atomic E-state index is 12.6. The first kappa shape index (κ1) is 17.0. The highest BCUT2D eigenvalue weighted by Gasteiger charge is 2.17. The second-order valence-electron chi connectivity index (χ2n) is 4.96. The van der Waals surface area contributed by atoms with Crippen molar-refractivity contribution >= 4 is 45.8 Å². The Bertz CT molecular complexity index is 724. The minimum atomic E-state index is -0.271. The Labute approximate surface area is 148 Å². The Morgan fingerprint density at radius 1 is 1.27 bits per heavy atom. The second-order valence-corrected chi connectivity index (χ2v) is 6.53. The van der Waals surface area contributed by atoms with Gasteiger partial charge in [0.2, 0.25) is 0 Å². The molecule has 0 saturated carbocycles. The molecule has 22 heavy (non-hydrogen) atoms. The molecule has 1 aromatic heterocycles. The first-order valence-electron chi connectivity index (χ1n) is 6.62. The lowest BCUT2D eigenvalue weighted by molar-refractivity contribution is 0.102. The van der Waals surface area contributed by atoms with Crippen LogP contribution in [0.2, 0.25) is 5.02 Å². The predicted octanol–water partition coefficient (Wildman–Crippen LogP) is 4.53. The molecule has 0 fully saturated rings. The fourth-order valence-corrected chi connectivity index (χ4v) is 2.87. The summed E-state index contributed by atoms with van der Waals surface area (Å²) in [6.07, 6.45) is 0. The topological polar surface area (TPSA) is 51.2 Å². The number of rotatable bonds is 3. The SMILES string of the molecule is COc1cc(I)c(Cl)cc1C(=O)Nc1c(C)cc(C)nc1C. The van der Waals surface area contributed by atoms with Crippen molar-refractivity contribution in [1.29, 1.82) is 0 Å². The van der Waals surface area contributed by atoms with E-state index in [0.717, 1.165) is 20.5 Å². The van der Waals surface area contributed by atoms with Crippen LogP contribution in [-0.4, -0.2) is 18.0 Å². The number of hydrogen-bond donors (Lipinski definition) is 1. The van der Waals surface area contributed by atoms with Gasteiger partial charge in [0, 0.05) is 9.26 Å². The van der Waals surface area contributed by atoms with Crippen molar-refractivity contribution < 1.29 is 9.53 Å². The number of ether oxygens (including phenoxy) is 1. The molecule has 0 aliphatic heterocycles. The molecule has 0 aliphatic rings. The van der Waals surface area contributed by atoms with E-state index in [9.17, 15) is 4.79 Å². The molecule has 6 heteroatoms. The largest absolute Gasteiger partial charge is 0.496 e. The molecule has 1 N–H and O–H groups in total. The van der Waals surface area contributed by atoms with Crippen LogP contribution in [-0.2, 0) is 0 Å². The summed E-state index contributed by atoms with van der Waals surface area (Å²) in [5, 5.41) is 3.42. The van der Waals surface area contributed by atoms with Gasteiger partial charge in [-0.3, -0.25) is 9.78 Å². The summed E-state index contributed by atoms with van der Waals surface area (Å²) in [5.41, 5.74) is 3.78. The van der Waals surface area contributed by atoms with Crippen LogP contribution in [0.25, 0.3) is 0 Å². The minimum Gasteiger partial charge on any atom is -0.496 e. The van der Waals surface area contributed by atoms with E-state index in [1.807, 2.05) is 26.8 Å². The number of nitrogens with zero attached hydrogens (tertiary/aromatic N) is 1. The number of halogens is 2. The maximum atomic E-state index is 12.6. The highest BCUT2D eigenvalue weighted by Crippen LogP contribution is 2.29. The molecule has 4 nitrogen and oxygen atoms in total. The molecular weight excluding hydrogens is 415 g/mol. The highest BCUT2D eigenvalue weighted by atomic mass is 127. The van der Waals surface area contributed by atoms with Crippen LogP contribution in [0.5, 0.6) is 5.75 Å². The number of aromatic nitrogens is 1. The third-order valence-electron chi connectivity index (χ3n) is 3.25. The molecule has 0 bridgehead atoms. The third kappa shape index (κ3) is 3.52. The van der Waals surface area contributed by atoms with Crippen LogP contribution in [0.4, 0.5) is 5.69 Å². The summed E-state index contributed by atoms with van der Waals surface area (Å²) in [5.74, 6) is 0.216. The number of anilines is 1. The molecule has 2 rings (SSSR count). The number of benzene rings is 1. The van der Waals surface area contributed by atoms with Crippen LogP contribution < -0.4 is 10.1 Å². The predicted molar refractivity (Wildman–Crippen MR) is 97.1 cm³/mol. The molecule has 0 unspecified atom stereocenters.